The van der Waals surface area contributed by atoms with Crippen molar-refractivity contribution in [2.24, 2.45) is 0 Å². The summed E-state index contributed by atoms with van der Waals surface area (Å²) in [6, 6.07) is 0.213. The number of nitrogens with one attached hydrogen (secondary N) is 1. The number of aliphatic hydroxyl groups excluding tert-OH is 1. The third-order valence-corrected chi connectivity index (χ3v) is 2.15. The molecule has 1 atom stereocenters. The van der Waals surface area contributed by atoms with Crippen molar-refractivity contribution in [3.05, 3.63) is 18.0 Å². The maximum atomic E-state index is 8.83. The van der Waals surface area contributed by atoms with Gasteiger partial charge in [-0.3, -0.25) is 4.68 Å². The van der Waals surface area contributed by atoms with Gasteiger partial charge < -0.3 is 10.4 Å². The van der Waals surface area contributed by atoms with E-state index in [1.165, 1.54) is 0 Å². The molecule has 0 aromatic carbocycles. The molecule has 1 rings (SSSR count). The first-order valence-corrected chi connectivity index (χ1v) is 4.62. The molecule has 0 radical (unpaired) electrons. The lowest BCUT2D eigenvalue weighted by atomic mass is 10.1. The van der Waals surface area contributed by atoms with Crippen molar-refractivity contribution in [3.63, 3.8) is 0 Å². The smallest absolute Gasteiger partial charge is 0.0537 e. The van der Waals surface area contributed by atoms with Crippen LogP contribution in [0.15, 0.2) is 12.4 Å². The lowest BCUT2D eigenvalue weighted by Gasteiger charge is -2.11. The molecule has 1 unspecified atom stereocenters. The second kappa shape index (κ2) is 4.99. The fraction of sp³-hybridized carbons (Fsp3) is 0.667. The molecule has 74 valence electrons. The van der Waals surface area contributed by atoms with Gasteiger partial charge in [0, 0.05) is 31.0 Å². The van der Waals surface area contributed by atoms with Crippen LogP contribution in [-0.2, 0) is 6.54 Å². The highest BCUT2D eigenvalue weighted by Gasteiger charge is 2.09. The van der Waals surface area contributed by atoms with E-state index >= 15 is 0 Å². The largest absolute Gasteiger partial charge is 0.396 e. The van der Waals surface area contributed by atoms with E-state index in [9.17, 15) is 0 Å². The van der Waals surface area contributed by atoms with Crippen molar-refractivity contribution in [2.45, 2.75) is 25.9 Å². The maximum absolute atomic E-state index is 8.83. The molecule has 0 saturated heterocycles. The Morgan fingerprint density at radius 1 is 1.69 bits per heavy atom. The summed E-state index contributed by atoms with van der Waals surface area (Å²) in [5.41, 5.74) is 1.14. The first kappa shape index (κ1) is 10.2. The molecule has 0 aliphatic heterocycles. The highest BCUT2D eigenvalue weighted by molar-refractivity contribution is 5.09. The molecule has 2 N–H and O–H groups in total. The lowest BCUT2D eigenvalue weighted by molar-refractivity contribution is 0.269. The molecular formula is C9H17N3O. The third-order valence-electron chi connectivity index (χ3n) is 2.15. The molecule has 1 heterocycles. The van der Waals surface area contributed by atoms with Crippen LogP contribution in [0.5, 0.6) is 0 Å². The molecule has 0 saturated carbocycles. The lowest BCUT2D eigenvalue weighted by Crippen LogP contribution is -2.17. The van der Waals surface area contributed by atoms with Crippen molar-refractivity contribution in [2.75, 3.05) is 13.7 Å². The molecule has 13 heavy (non-hydrogen) atoms. The zero-order valence-electron chi connectivity index (χ0n) is 8.20. The minimum Gasteiger partial charge on any atom is -0.396 e. The van der Waals surface area contributed by atoms with Gasteiger partial charge in [-0.1, -0.05) is 0 Å². The van der Waals surface area contributed by atoms with Crippen LogP contribution >= 0.6 is 0 Å². The summed E-state index contributed by atoms with van der Waals surface area (Å²) >= 11 is 0. The predicted molar refractivity (Wildman–Crippen MR) is 51.4 cm³/mol. The molecule has 0 aliphatic rings. The van der Waals surface area contributed by atoms with Gasteiger partial charge in [0.25, 0.3) is 0 Å². The van der Waals surface area contributed by atoms with Gasteiger partial charge >= 0.3 is 0 Å². The Balaban J connectivity index is 2.67. The number of nitrogens with zero attached hydrogens (tertiary/aromatic N) is 2. The molecule has 1 aromatic rings. The van der Waals surface area contributed by atoms with Gasteiger partial charge in [-0.25, -0.2) is 0 Å². The topological polar surface area (TPSA) is 50.1 Å². The molecule has 4 nitrogen and oxygen atoms in total. The Kier molecular flexibility index (Phi) is 3.92. The Hall–Kier alpha value is -0.870. The molecular weight excluding hydrogens is 166 g/mol. The normalized spacial score (nSPS) is 13.2. The minimum atomic E-state index is 0.197. The number of aryl methyl sites for hydroxylation is 1. The Bertz CT molecular complexity index is 247. The summed E-state index contributed by atoms with van der Waals surface area (Å²) in [5.74, 6) is 0. The standard InChI is InChI=1S/C9H17N3O/c1-3-12-7-8(6-11-12)9(10-2)4-5-13/h6-7,9-10,13H,3-5H2,1-2H3. The van der Waals surface area contributed by atoms with E-state index in [1.54, 1.807) is 0 Å². The van der Waals surface area contributed by atoms with Crippen molar-refractivity contribution in [1.82, 2.24) is 15.1 Å². The van der Waals surface area contributed by atoms with E-state index in [0.29, 0.717) is 0 Å². The molecule has 0 bridgehead atoms. The summed E-state index contributed by atoms with van der Waals surface area (Å²) in [5, 5.41) is 16.2. The van der Waals surface area contributed by atoms with E-state index in [0.717, 1.165) is 18.5 Å². The first-order chi connectivity index (χ1) is 6.31. The van der Waals surface area contributed by atoms with Crippen molar-refractivity contribution in [3.8, 4) is 0 Å². The summed E-state index contributed by atoms with van der Waals surface area (Å²) < 4.78 is 1.89. The first-order valence-electron chi connectivity index (χ1n) is 4.62. The summed E-state index contributed by atoms with van der Waals surface area (Å²) in [7, 11) is 1.89. The van der Waals surface area contributed by atoms with Crippen LogP contribution in [0.25, 0.3) is 0 Å². The van der Waals surface area contributed by atoms with Gasteiger partial charge in [-0.15, -0.1) is 0 Å². The molecule has 0 fully saturated rings. The fourth-order valence-corrected chi connectivity index (χ4v) is 1.34. The average Bonchev–Trinajstić information content (AvgIpc) is 2.62. The summed E-state index contributed by atoms with van der Waals surface area (Å²) in [4.78, 5) is 0. The number of aromatic nitrogens is 2. The van der Waals surface area contributed by atoms with Gasteiger partial charge in [-0.05, 0) is 20.4 Å². The quantitative estimate of drug-likeness (QED) is 0.700. The Morgan fingerprint density at radius 3 is 2.92 bits per heavy atom. The zero-order chi connectivity index (χ0) is 9.68. The second-order valence-electron chi connectivity index (χ2n) is 2.98. The molecule has 4 heteroatoms. The van der Waals surface area contributed by atoms with Gasteiger partial charge in [0.05, 0.1) is 6.20 Å². The highest BCUT2D eigenvalue weighted by Crippen LogP contribution is 2.14. The summed E-state index contributed by atoms with van der Waals surface area (Å²) in [6.07, 6.45) is 4.59. The summed E-state index contributed by atoms with van der Waals surface area (Å²) in [6.45, 7) is 3.13. The number of hydrogen-bond acceptors (Lipinski definition) is 3. The van der Waals surface area contributed by atoms with Gasteiger partial charge in [-0.2, -0.15) is 5.10 Å². The zero-order valence-corrected chi connectivity index (χ0v) is 8.20. The van der Waals surface area contributed by atoms with E-state index in [4.69, 9.17) is 5.11 Å². The fourth-order valence-electron chi connectivity index (χ4n) is 1.34. The van der Waals surface area contributed by atoms with Crippen molar-refractivity contribution >= 4 is 0 Å². The molecule has 0 amide bonds. The van der Waals surface area contributed by atoms with Crippen LogP contribution in [0, 0.1) is 0 Å². The second-order valence-corrected chi connectivity index (χ2v) is 2.98. The molecule has 1 aromatic heterocycles. The Labute approximate surface area is 78.6 Å². The van der Waals surface area contributed by atoms with E-state index in [-0.39, 0.29) is 12.6 Å². The van der Waals surface area contributed by atoms with E-state index < -0.39 is 0 Å². The molecule has 0 spiro atoms. The van der Waals surface area contributed by atoms with Gasteiger partial charge in [0.1, 0.15) is 0 Å². The van der Waals surface area contributed by atoms with Crippen LogP contribution in [0.2, 0.25) is 0 Å². The van der Waals surface area contributed by atoms with Crippen LogP contribution < -0.4 is 5.32 Å². The average molecular weight is 183 g/mol. The third kappa shape index (κ3) is 2.54. The van der Waals surface area contributed by atoms with Gasteiger partial charge in [0.15, 0.2) is 0 Å². The van der Waals surface area contributed by atoms with Crippen LogP contribution in [0.1, 0.15) is 24.9 Å². The van der Waals surface area contributed by atoms with Crippen molar-refractivity contribution < 1.29 is 5.11 Å². The SMILES string of the molecule is CCn1cc(C(CCO)NC)cn1. The number of aliphatic hydroxyl groups is 1. The van der Waals surface area contributed by atoms with Crippen LogP contribution in [-0.4, -0.2) is 28.5 Å². The van der Waals surface area contributed by atoms with Gasteiger partial charge in [0.2, 0.25) is 0 Å². The number of hydrogen-bond donors (Lipinski definition) is 2. The predicted octanol–water partition coefficient (Wildman–Crippen LogP) is 0.546. The molecule has 0 aliphatic carbocycles. The van der Waals surface area contributed by atoms with E-state index in [1.807, 2.05) is 24.1 Å². The minimum absolute atomic E-state index is 0.197. The number of rotatable bonds is 5. The van der Waals surface area contributed by atoms with E-state index in [2.05, 4.69) is 17.3 Å². The van der Waals surface area contributed by atoms with Crippen LogP contribution in [0.4, 0.5) is 0 Å². The van der Waals surface area contributed by atoms with Crippen molar-refractivity contribution in [1.29, 1.82) is 0 Å². The Morgan fingerprint density at radius 2 is 2.46 bits per heavy atom. The monoisotopic (exact) mass is 183 g/mol. The maximum Gasteiger partial charge on any atom is 0.0537 e. The highest BCUT2D eigenvalue weighted by atomic mass is 16.3. The van der Waals surface area contributed by atoms with Crippen LogP contribution in [0.3, 0.4) is 0 Å².